The van der Waals surface area contributed by atoms with Gasteiger partial charge < -0.3 is 19.4 Å². The van der Waals surface area contributed by atoms with Gasteiger partial charge in [-0.05, 0) is 17.2 Å². The minimum atomic E-state index is -0.617. The van der Waals surface area contributed by atoms with E-state index in [0.717, 1.165) is 11.1 Å². The molecule has 200 valence electrons. The molecule has 0 saturated carbocycles. The van der Waals surface area contributed by atoms with Gasteiger partial charge in [-0.25, -0.2) is 4.39 Å². The number of aromatic nitrogens is 4. The lowest BCUT2D eigenvalue weighted by atomic mass is 10.1. The lowest BCUT2D eigenvalue weighted by molar-refractivity contribution is 0.0945. The Morgan fingerprint density at radius 1 is 1.00 bits per heavy atom. The summed E-state index contributed by atoms with van der Waals surface area (Å²) < 4.78 is 27.8. The fourth-order valence-electron chi connectivity index (χ4n) is 3.71. The minimum Gasteiger partial charge on any atom is -0.494 e. The average molecular weight is 522 g/mol. The molecule has 10 heteroatoms. The number of benzene rings is 1. The van der Waals surface area contributed by atoms with Crippen LogP contribution >= 0.6 is 0 Å². The maximum Gasteiger partial charge on any atom is 0.255 e. The molecule has 0 unspecified atom stereocenters. The number of carbonyl (C=O) groups is 1. The van der Waals surface area contributed by atoms with E-state index in [1.165, 1.54) is 32.5 Å². The third kappa shape index (κ3) is 7.13. The van der Waals surface area contributed by atoms with E-state index in [1.54, 1.807) is 27.7 Å². The van der Waals surface area contributed by atoms with E-state index in [-0.39, 0.29) is 30.2 Å². The summed E-state index contributed by atoms with van der Waals surface area (Å²) in [4.78, 5) is 28.8. The smallest absolute Gasteiger partial charge is 0.255 e. The molecule has 0 spiro atoms. The Balaban J connectivity index is 0.00000195. The van der Waals surface area contributed by atoms with Crippen LogP contribution in [0.15, 0.2) is 71.9 Å². The van der Waals surface area contributed by atoms with E-state index in [4.69, 9.17) is 9.47 Å². The Bertz CT molecular complexity index is 1400. The van der Waals surface area contributed by atoms with Crippen LogP contribution in [-0.4, -0.2) is 39.5 Å². The summed E-state index contributed by atoms with van der Waals surface area (Å²) in [6.45, 7) is 4.95. The highest BCUT2D eigenvalue weighted by Gasteiger charge is 2.18. The normalized spacial score (nSPS) is 10.4. The predicted octanol–water partition coefficient (Wildman–Crippen LogP) is 3.79. The number of nitrogens with zero attached hydrogens (tertiary/aromatic N) is 4. The van der Waals surface area contributed by atoms with Crippen LogP contribution in [-0.2, 0) is 31.0 Å². The Labute approximate surface area is 220 Å². The molecule has 0 atom stereocenters. The van der Waals surface area contributed by atoms with Gasteiger partial charge in [0.15, 0.2) is 11.6 Å². The van der Waals surface area contributed by atoms with Gasteiger partial charge in [-0.3, -0.25) is 19.3 Å². The number of rotatable bonds is 10. The van der Waals surface area contributed by atoms with Gasteiger partial charge >= 0.3 is 0 Å². The fraction of sp³-hybridized carbons (Fsp3) is 0.286. The Kier molecular flexibility index (Phi) is 10.3. The molecule has 0 saturated heterocycles. The number of nitrogens with one attached hydrogen (secondary N) is 1. The van der Waals surface area contributed by atoms with Crippen LogP contribution in [0, 0.1) is 5.82 Å². The second-order valence-corrected chi connectivity index (χ2v) is 8.06. The third-order valence-corrected chi connectivity index (χ3v) is 5.55. The van der Waals surface area contributed by atoms with Crippen molar-refractivity contribution in [3.63, 3.8) is 0 Å². The van der Waals surface area contributed by atoms with Gasteiger partial charge in [0.05, 0.1) is 44.6 Å². The molecule has 4 aromatic rings. The van der Waals surface area contributed by atoms with Crippen LogP contribution in [0.25, 0.3) is 0 Å². The molecule has 0 fully saturated rings. The number of hydrogen-bond donors (Lipinski definition) is 1. The van der Waals surface area contributed by atoms with Gasteiger partial charge in [-0.1, -0.05) is 44.2 Å². The molecule has 3 heterocycles. The van der Waals surface area contributed by atoms with Gasteiger partial charge in [0.1, 0.15) is 5.69 Å². The summed E-state index contributed by atoms with van der Waals surface area (Å²) in [5.74, 6) is -0.973. The first-order chi connectivity index (χ1) is 18.5. The maximum absolute atomic E-state index is 14.4. The monoisotopic (exact) mass is 521 g/mol. The molecule has 0 aliphatic heterocycles. The summed E-state index contributed by atoms with van der Waals surface area (Å²) in [5, 5.41) is 7.18. The molecule has 0 aliphatic carbocycles. The van der Waals surface area contributed by atoms with E-state index in [0.29, 0.717) is 24.3 Å². The SMILES string of the molecule is CC.COCc1nn(Cc2ccc(Cn3ccccc3=O)cc2)cc1C(=O)NCc1nccc(OC)c1F. The number of hydrogen-bond acceptors (Lipinski definition) is 6. The Morgan fingerprint density at radius 2 is 1.71 bits per heavy atom. The van der Waals surface area contributed by atoms with Gasteiger partial charge in [0.2, 0.25) is 0 Å². The zero-order valence-corrected chi connectivity index (χ0v) is 22.0. The molecule has 1 amide bonds. The number of methoxy groups -OCH3 is 2. The predicted molar refractivity (Wildman–Crippen MR) is 142 cm³/mol. The van der Waals surface area contributed by atoms with Gasteiger partial charge in [-0.2, -0.15) is 5.10 Å². The highest BCUT2D eigenvalue weighted by molar-refractivity contribution is 5.95. The number of amides is 1. The lowest BCUT2D eigenvalue weighted by Gasteiger charge is -2.08. The molecule has 4 rings (SSSR count). The van der Waals surface area contributed by atoms with E-state index in [1.807, 2.05) is 44.2 Å². The molecule has 0 radical (unpaired) electrons. The number of pyridine rings is 2. The van der Waals surface area contributed by atoms with Crippen molar-refractivity contribution in [3.05, 3.63) is 111 Å². The summed E-state index contributed by atoms with van der Waals surface area (Å²) in [6.07, 6.45) is 4.81. The van der Waals surface area contributed by atoms with Crippen molar-refractivity contribution in [2.24, 2.45) is 0 Å². The summed E-state index contributed by atoms with van der Waals surface area (Å²) in [6, 6.07) is 14.3. The van der Waals surface area contributed by atoms with Crippen molar-refractivity contribution >= 4 is 5.91 Å². The molecular formula is C28H32FN5O4. The van der Waals surface area contributed by atoms with Crippen LogP contribution in [0.4, 0.5) is 4.39 Å². The first-order valence-electron chi connectivity index (χ1n) is 12.2. The lowest BCUT2D eigenvalue weighted by Crippen LogP contribution is -2.24. The minimum absolute atomic E-state index is 0.0560. The van der Waals surface area contributed by atoms with E-state index in [2.05, 4.69) is 15.4 Å². The topological polar surface area (TPSA) is 100 Å². The summed E-state index contributed by atoms with van der Waals surface area (Å²) >= 11 is 0. The second kappa shape index (κ2) is 13.8. The third-order valence-electron chi connectivity index (χ3n) is 5.55. The van der Waals surface area contributed by atoms with E-state index >= 15 is 0 Å². The van der Waals surface area contributed by atoms with Crippen LogP contribution in [0.5, 0.6) is 5.75 Å². The highest BCUT2D eigenvalue weighted by atomic mass is 19.1. The number of halogens is 1. The summed E-state index contributed by atoms with van der Waals surface area (Å²) in [5.41, 5.74) is 2.78. The van der Waals surface area contributed by atoms with Gasteiger partial charge in [0.25, 0.3) is 11.5 Å². The number of ether oxygens (including phenoxy) is 2. The van der Waals surface area contributed by atoms with Crippen LogP contribution in [0.2, 0.25) is 0 Å². The number of carbonyl (C=O) groups excluding carboxylic acids is 1. The molecule has 1 N–H and O–H groups in total. The standard InChI is InChI=1S/C26H26FN5O4.C2H6/c1-35-17-22-20(26(34)29-13-21-25(27)23(36-2)10-11-28-21)16-32(30-22)15-19-8-6-18(7-9-19)14-31-12-4-3-5-24(31)33;1-2/h3-12,16H,13-15,17H2,1-2H3,(H,29,34);1-2H3. The van der Waals surface area contributed by atoms with Crippen LogP contribution in [0.1, 0.15) is 46.7 Å². The van der Waals surface area contributed by atoms with Crippen molar-refractivity contribution in [3.8, 4) is 5.75 Å². The van der Waals surface area contributed by atoms with Gasteiger partial charge in [-0.15, -0.1) is 0 Å². The first-order valence-corrected chi connectivity index (χ1v) is 12.2. The quantitative estimate of drug-likeness (QED) is 0.341. The Hall–Kier alpha value is -4.31. The molecule has 0 bridgehead atoms. The van der Waals surface area contributed by atoms with Crippen molar-refractivity contribution in [1.29, 1.82) is 0 Å². The Morgan fingerprint density at radius 3 is 2.37 bits per heavy atom. The molecule has 3 aromatic heterocycles. The van der Waals surface area contributed by atoms with Crippen LogP contribution < -0.4 is 15.6 Å². The molecule has 9 nitrogen and oxygen atoms in total. The summed E-state index contributed by atoms with van der Waals surface area (Å²) in [7, 11) is 2.89. The molecule has 1 aromatic carbocycles. The highest BCUT2D eigenvalue weighted by Crippen LogP contribution is 2.18. The van der Waals surface area contributed by atoms with Crippen molar-refractivity contribution in [1.82, 2.24) is 24.6 Å². The zero-order chi connectivity index (χ0) is 27.5. The average Bonchev–Trinajstić information content (AvgIpc) is 3.34. The molecular weight excluding hydrogens is 489 g/mol. The first kappa shape index (κ1) is 28.3. The molecule has 0 aliphatic rings. The second-order valence-electron chi connectivity index (χ2n) is 8.06. The van der Waals surface area contributed by atoms with Crippen molar-refractivity contribution in [2.45, 2.75) is 40.1 Å². The van der Waals surface area contributed by atoms with Crippen molar-refractivity contribution in [2.75, 3.05) is 14.2 Å². The van der Waals surface area contributed by atoms with E-state index in [9.17, 15) is 14.0 Å². The molecule has 38 heavy (non-hydrogen) atoms. The van der Waals surface area contributed by atoms with Crippen LogP contribution in [0.3, 0.4) is 0 Å². The van der Waals surface area contributed by atoms with E-state index < -0.39 is 11.7 Å². The largest absolute Gasteiger partial charge is 0.494 e. The zero-order valence-electron chi connectivity index (χ0n) is 22.0. The van der Waals surface area contributed by atoms with Crippen molar-refractivity contribution < 1.29 is 18.7 Å². The van der Waals surface area contributed by atoms with Gasteiger partial charge in [0, 0.05) is 37.8 Å². The maximum atomic E-state index is 14.4. The fourth-order valence-corrected chi connectivity index (χ4v) is 3.71.